The van der Waals surface area contributed by atoms with Crippen LogP contribution in [0.2, 0.25) is 0 Å². The standard InChI is InChI=1S/C16H15N7O/c17-13(24)4-7-22-6-3-11-9-19-16(21-15(11)22)20-12-1-2-14-18-5-8-23(14)10-12/h1-3,5-6,8-10H,4,7H2,(H2,17,24)(H,19,20,21). The van der Waals surface area contributed by atoms with Crippen molar-refractivity contribution in [3.05, 3.63) is 49.2 Å². The van der Waals surface area contributed by atoms with Gasteiger partial charge in [0.25, 0.3) is 0 Å². The molecule has 0 aliphatic heterocycles. The van der Waals surface area contributed by atoms with Gasteiger partial charge < -0.3 is 20.0 Å². The summed E-state index contributed by atoms with van der Waals surface area (Å²) in [6.07, 6.45) is 9.44. The van der Waals surface area contributed by atoms with Crippen molar-refractivity contribution in [1.82, 2.24) is 23.9 Å². The van der Waals surface area contributed by atoms with Gasteiger partial charge in [0.05, 0.1) is 5.69 Å². The van der Waals surface area contributed by atoms with Gasteiger partial charge >= 0.3 is 0 Å². The number of aromatic nitrogens is 5. The molecule has 0 radical (unpaired) electrons. The summed E-state index contributed by atoms with van der Waals surface area (Å²) in [5, 5.41) is 4.10. The molecule has 0 aliphatic carbocycles. The highest BCUT2D eigenvalue weighted by Crippen LogP contribution is 2.18. The molecule has 4 aromatic rings. The predicted molar refractivity (Wildman–Crippen MR) is 89.8 cm³/mol. The molecule has 0 aromatic carbocycles. The summed E-state index contributed by atoms with van der Waals surface area (Å²) >= 11 is 0. The number of nitrogens with two attached hydrogens (primary N) is 1. The number of pyridine rings is 1. The van der Waals surface area contributed by atoms with Crippen LogP contribution in [0.3, 0.4) is 0 Å². The lowest BCUT2D eigenvalue weighted by molar-refractivity contribution is -0.118. The summed E-state index contributed by atoms with van der Waals surface area (Å²) in [6.45, 7) is 0.496. The predicted octanol–water partition coefficient (Wildman–Crippen LogP) is 1.70. The van der Waals surface area contributed by atoms with Crippen LogP contribution in [0.4, 0.5) is 11.6 Å². The molecule has 0 aliphatic rings. The zero-order chi connectivity index (χ0) is 16.5. The van der Waals surface area contributed by atoms with E-state index in [2.05, 4.69) is 20.3 Å². The molecule has 4 heterocycles. The third kappa shape index (κ3) is 2.65. The third-order valence-electron chi connectivity index (χ3n) is 3.75. The zero-order valence-corrected chi connectivity index (χ0v) is 12.8. The smallest absolute Gasteiger partial charge is 0.229 e. The number of primary amides is 1. The van der Waals surface area contributed by atoms with Gasteiger partial charge in [0.2, 0.25) is 11.9 Å². The van der Waals surface area contributed by atoms with Crippen molar-refractivity contribution in [2.75, 3.05) is 5.32 Å². The molecule has 0 bridgehead atoms. The van der Waals surface area contributed by atoms with Crippen molar-refractivity contribution < 1.29 is 4.79 Å². The Balaban J connectivity index is 1.63. The van der Waals surface area contributed by atoms with E-state index in [0.29, 0.717) is 12.5 Å². The topological polar surface area (TPSA) is 103 Å². The van der Waals surface area contributed by atoms with Crippen LogP contribution >= 0.6 is 0 Å². The number of nitrogens with one attached hydrogen (secondary N) is 1. The van der Waals surface area contributed by atoms with Gasteiger partial charge in [-0.15, -0.1) is 0 Å². The number of fused-ring (bicyclic) bond motifs is 2. The van der Waals surface area contributed by atoms with Crippen molar-refractivity contribution in [3.8, 4) is 0 Å². The van der Waals surface area contributed by atoms with Crippen molar-refractivity contribution in [2.45, 2.75) is 13.0 Å². The quantitative estimate of drug-likeness (QED) is 0.582. The van der Waals surface area contributed by atoms with Crippen molar-refractivity contribution in [1.29, 1.82) is 0 Å². The van der Waals surface area contributed by atoms with Gasteiger partial charge in [0.15, 0.2) is 0 Å². The summed E-state index contributed by atoms with van der Waals surface area (Å²) in [4.78, 5) is 24.1. The van der Waals surface area contributed by atoms with Crippen molar-refractivity contribution in [2.24, 2.45) is 5.73 Å². The maximum Gasteiger partial charge on any atom is 0.229 e. The number of amides is 1. The molecule has 8 nitrogen and oxygen atoms in total. The van der Waals surface area contributed by atoms with Crippen molar-refractivity contribution >= 4 is 34.2 Å². The second-order valence-corrected chi connectivity index (χ2v) is 5.43. The van der Waals surface area contributed by atoms with Crippen LogP contribution in [-0.4, -0.2) is 29.8 Å². The summed E-state index contributed by atoms with van der Waals surface area (Å²) in [7, 11) is 0. The fourth-order valence-corrected chi connectivity index (χ4v) is 2.57. The number of anilines is 2. The Morgan fingerprint density at radius 1 is 1.21 bits per heavy atom. The van der Waals surface area contributed by atoms with Crippen LogP contribution in [0.25, 0.3) is 16.7 Å². The van der Waals surface area contributed by atoms with Gasteiger partial charge in [0, 0.05) is 49.3 Å². The number of nitrogens with zero attached hydrogens (tertiary/aromatic N) is 5. The average molecular weight is 321 g/mol. The highest BCUT2D eigenvalue weighted by atomic mass is 16.1. The molecule has 0 atom stereocenters. The molecule has 0 saturated carbocycles. The summed E-state index contributed by atoms with van der Waals surface area (Å²) in [6, 6.07) is 5.75. The highest BCUT2D eigenvalue weighted by Gasteiger charge is 2.07. The first-order valence-corrected chi connectivity index (χ1v) is 7.49. The Kier molecular flexibility index (Phi) is 3.34. The van der Waals surface area contributed by atoms with E-state index in [1.165, 1.54) is 0 Å². The van der Waals surface area contributed by atoms with Gasteiger partial charge in [-0.25, -0.2) is 9.97 Å². The van der Waals surface area contributed by atoms with Crippen LogP contribution in [-0.2, 0) is 11.3 Å². The van der Waals surface area contributed by atoms with E-state index in [9.17, 15) is 4.79 Å². The van der Waals surface area contributed by atoms with E-state index >= 15 is 0 Å². The number of imidazole rings is 1. The molecule has 4 aromatic heterocycles. The van der Waals surface area contributed by atoms with Gasteiger partial charge in [0.1, 0.15) is 11.3 Å². The minimum absolute atomic E-state index is 0.272. The first-order chi connectivity index (χ1) is 11.7. The van der Waals surface area contributed by atoms with Gasteiger partial charge in [-0.1, -0.05) is 0 Å². The molecular formula is C16H15N7O. The first kappa shape index (κ1) is 14.2. The highest BCUT2D eigenvalue weighted by molar-refractivity contribution is 5.77. The Labute approximate surface area is 137 Å². The molecule has 1 amide bonds. The molecule has 0 spiro atoms. The lowest BCUT2D eigenvalue weighted by atomic mass is 10.4. The van der Waals surface area contributed by atoms with Gasteiger partial charge in [-0.05, 0) is 18.2 Å². The fraction of sp³-hybridized carbons (Fsp3) is 0.125. The van der Waals surface area contributed by atoms with E-state index in [4.69, 9.17) is 5.73 Å². The van der Waals surface area contributed by atoms with Gasteiger partial charge in [-0.2, -0.15) is 4.98 Å². The maximum atomic E-state index is 11.0. The molecule has 120 valence electrons. The summed E-state index contributed by atoms with van der Waals surface area (Å²) in [5.74, 6) is 0.152. The molecule has 24 heavy (non-hydrogen) atoms. The normalized spacial score (nSPS) is 11.2. The molecular weight excluding hydrogens is 306 g/mol. The van der Waals surface area contributed by atoms with Crippen LogP contribution in [0.5, 0.6) is 0 Å². The van der Waals surface area contributed by atoms with Crippen LogP contribution in [0.1, 0.15) is 6.42 Å². The number of hydrogen-bond donors (Lipinski definition) is 2. The Morgan fingerprint density at radius 3 is 3.00 bits per heavy atom. The average Bonchev–Trinajstić information content (AvgIpc) is 3.18. The minimum atomic E-state index is -0.335. The lowest BCUT2D eigenvalue weighted by Gasteiger charge is -2.07. The van der Waals surface area contributed by atoms with E-state index in [0.717, 1.165) is 22.4 Å². The molecule has 3 N–H and O–H groups in total. The first-order valence-electron chi connectivity index (χ1n) is 7.49. The maximum absolute atomic E-state index is 11.0. The SMILES string of the molecule is NC(=O)CCn1ccc2cnc(Nc3ccc4nccn4c3)nc21. The number of carbonyl (C=O) groups is 1. The number of carbonyl (C=O) groups excluding carboxylic acids is 1. The van der Waals surface area contributed by atoms with E-state index in [-0.39, 0.29) is 12.3 Å². The van der Waals surface area contributed by atoms with Crippen LogP contribution < -0.4 is 11.1 Å². The van der Waals surface area contributed by atoms with E-state index < -0.39 is 0 Å². The molecule has 8 heteroatoms. The van der Waals surface area contributed by atoms with E-state index in [1.807, 2.05) is 45.8 Å². The molecule has 0 unspecified atom stereocenters. The number of hydrogen-bond acceptors (Lipinski definition) is 5. The van der Waals surface area contributed by atoms with Gasteiger partial charge in [-0.3, -0.25) is 4.79 Å². The van der Waals surface area contributed by atoms with Crippen LogP contribution in [0.15, 0.2) is 49.2 Å². The minimum Gasteiger partial charge on any atom is -0.370 e. The second-order valence-electron chi connectivity index (χ2n) is 5.43. The number of aryl methyl sites for hydroxylation is 1. The second kappa shape index (κ2) is 5.65. The Bertz CT molecular complexity index is 1030. The third-order valence-corrected chi connectivity index (χ3v) is 3.75. The lowest BCUT2D eigenvalue weighted by Crippen LogP contribution is -2.13. The number of rotatable bonds is 5. The molecule has 0 saturated heterocycles. The fourth-order valence-electron chi connectivity index (χ4n) is 2.57. The summed E-state index contributed by atoms with van der Waals surface area (Å²) < 4.78 is 3.81. The summed E-state index contributed by atoms with van der Waals surface area (Å²) in [5.41, 5.74) is 7.71. The largest absolute Gasteiger partial charge is 0.370 e. The monoisotopic (exact) mass is 321 g/mol. The van der Waals surface area contributed by atoms with E-state index in [1.54, 1.807) is 12.4 Å². The van der Waals surface area contributed by atoms with Crippen LogP contribution in [0, 0.1) is 0 Å². The zero-order valence-electron chi connectivity index (χ0n) is 12.8. The molecule has 0 fully saturated rings. The van der Waals surface area contributed by atoms with Crippen molar-refractivity contribution in [3.63, 3.8) is 0 Å². The Hall–Kier alpha value is -3.42. The Morgan fingerprint density at radius 2 is 2.12 bits per heavy atom. The molecule has 4 rings (SSSR count).